The minimum Gasteiger partial charge on any atom is -0.479 e. The van der Waals surface area contributed by atoms with Crippen molar-refractivity contribution in [3.63, 3.8) is 0 Å². The number of hydrogen-bond acceptors (Lipinski definition) is 3. The van der Waals surface area contributed by atoms with Crippen LogP contribution in [0.2, 0.25) is 0 Å². The molecule has 0 radical (unpaired) electrons. The summed E-state index contributed by atoms with van der Waals surface area (Å²) in [4.78, 5) is 26.1. The predicted molar refractivity (Wildman–Crippen MR) is 96.7 cm³/mol. The quantitative estimate of drug-likeness (QED) is 0.774. The smallest absolute Gasteiger partial charge is 0.268 e. The van der Waals surface area contributed by atoms with Crippen LogP contribution in [0, 0.1) is 3.57 Å². The van der Waals surface area contributed by atoms with E-state index in [-0.39, 0.29) is 18.4 Å². The van der Waals surface area contributed by atoms with Crippen LogP contribution in [0.3, 0.4) is 0 Å². The van der Waals surface area contributed by atoms with Crippen molar-refractivity contribution < 1.29 is 14.3 Å². The summed E-state index contributed by atoms with van der Waals surface area (Å²) in [7, 11) is 0. The fourth-order valence-corrected chi connectivity index (χ4v) is 2.76. The van der Waals surface area contributed by atoms with Gasteiger partial charge in [0, 0.05) is 9.26 Å². The molecule has 0 aliphatic carbocycles. The van der Waals surface area contributed by atoms with E-state index in [9.17, 15) is 9.59 Å². The molecule has 3 rings (SSSR count). The number of amides is 2. The summed E-state index contributed by atoms with van der Waals surface area (Å²) in [5.74, 6) is 0.145. The first-order valence-corrected chi connectivity index (χ1v) is 8.25. The van der Waals surface area contributed by atoms with Gasteiger partial charge >= 0.3 is 0 Å². The molecule has 1 atom stereocenters. The molecule has 6 heteroatoms. The Balaban J connectivity index is 1.77. The van der Waals surface area contributed by atoms with E-state index in [0.29, 0.717) is 17.1 Å². The Kier molecular flexibility index (Phi) is 4.51. The van der Waals surface area contributed by atoms with E-state index in [1.165, 1.54) is 4.90 Å². The molecule has 23 heavy (non-hydrogen) atoms. The molecule has 1 N–H and O–H groups in total. The van der Waals surface area contributed by atoms with Crippen LogP contribution >= 0.6 is 22.6 Å². The Hall–Kier alpha value is -2.09. The number of carbonyl (C=O) groups excluding carboxylic acids is 2. The van der Waals surface area contributed by atoms with Gasteiger partial charge in [0.25, 0.3) is 5.91 Å². The van der Waals surface area contributed by atoms with Crippen molar-refractivity contribution in [1.82, 2.24) is 0 Å². The highest BCUT2D eigenvalue weighted by atomic mass is 127. The van der Waals surface area contributed by atoms with Crippen LogP contribution in [0.15, 0.2) is 48.5 Å². The summed E-state index contributed by atoms with van der Waals surface area (Å²) < 4.78 is 6.65. The van der Waals surface area contributed by atoms with Crippen LogP contribution in [0.1, 0.15) is 6.92 Å². The van der Waals surface area contributed by atoms with Crippen molar-refractivity contribution in [2.75, 3.05) is 16.8 Å². The second kappa shape index (κ2) is 6.57. The lowest BCUT2D eigenvalue weighted by molar-refractivity contribution is -0.127. The van der Waals surface area contributed by atoms with Gasteiger partial charge in [0.05, 0.1) is 5.69 Å². The fourth-order valence-electron chi connectivity index (χ4n) is 2.40. The Morgan fingerprint density at radius 1 is 1.22 bits per heavy atom. The van der Waals surface area contributed by atoms with Gasteiger partial charge < -0.3 is 10.1 Å². The lowest BCUT2D eigenvalue weighted by atomic mass is 10.2. The average Bonchev–Trinajstić information content (AvgIpc) is 2.54. The molecule has 1 heterocycles. The minimum absolute atomic E-state index is 0.0461. The highest BCUT2D eigenvalue weighted by molar-refractivity contribution is 14.1. The van der Waals surface area contributed by atoms with Crippen LogP contribution in [0.25, 0.3) is 0 Å². The largest absolute Gasteiger partial charge is 0.479 e. The number of ether oxygens (including phenoxy) is 1. The van der Waals surface area contributed by atoms with Gasteiger partial charge in [-0.3, -0.25) is 14.5 Å². The topological polar surface area (TPSA) is 58.6 Å². The molecule has 0 bridgehead atoms. The van der Waals surface area contributed by atoms with E-state index in [0.717, 1.165) is 3.57 Å². The van der Waals surface area contributed by atoms with Crippen LogP contribution in [-0.2, 0) is 9.59 Å². The third kappa shape index (κ3) is 3.47. The van der Waals surface area contributed by atoms with Crippen LogP contribution in [0.5, 0.6) is 5.75 Å². The zero-order chi connectivity index (χ0) is 16.4. The maximum atomic E-state index is 12.3. The van der Waals surface area contributed by atoms with Crippen LogP contribution in [0.4, 0.5) is 11.4 Å². The highest BCUT2D eigenvalue weighted by Crippen LogP contribution is 2.33. The lowest BCUT2D eigenvalue weighted by Crippen LogP contribution is -2.47. The van der Waals surface area contributed by atoms with E-state index in [1.54, 1.807) is 19.1 Å². The molecule has 0 aromatic heterocycles. The SMILES string of the molecule is CC1Oc2ccccc2N(CC(=O)Nc2ccc(I)cc2)C1=O. The zero-order valence-corrected chi connectivity index (χ0v) is 14.6. The third-order valence-electron chi connectivity index (χ3n) is 3.50. The monoisotopic (exact) mass is 422 g/mol. The number of benzene rings is 2. The van der Waals surface area contributed by atoms with Crippen molar-refractivity contribution in [3.05, 3.63) is 52.1 Å². The number of nitrogens with one attached hydrogen (secondary N) is 1. The van der Waals surface area contributed by atoms with Crippen molar-refractivity contribution in [3.8, 4) is 5.75 Å². The molecule has 0 fully saturated rings. The normalized spacial score (nSPS) is 16.5. The first-order chi connectivity index (χ1) is 11.0. The molecule has 1 aliphatic heterocycles. The van der Waals surface area contributed by atoms with E-state index in [4.69, 9.17) is 4.74 Å². The number of rotatable bonds is 3. The van der Waals surface area contributed by atoms with Crippen molar-refractivity contribution >= 4 is 45.8 Å². The molecular formula is C17H15IN2O3. The lowest BCUT2D eigenvalue weighted by Gasteiger charge is -2.32. The molecule has 2 aromatic carbocycles. The number of nitrogens with zero attached hydrogens (tertiary/aromatic N) is 1. The summed E-state index contributed by atoms with van der Waals surface area (Å²) >= 11 is 2.20. The third-order valence-corrected chi connectivity index (χ3v) is 4.22. The Morgan fingerprint density at radius 3 is 2.65 bits per heavy atom. The number of hydrogen-bond donors (Lipinski definition) is 1. The second-order valence-corrected chi connectivity index (χ2v) is 6.45. The first-order valence-electron chi connectivity index (χ1n) is 7.17. The van der Waals surface area contributed by atoms with Gasteiger partial charge in [-0.05, 0) is 65.9 Å². The van der Waals surface area contributed by atoms with Gasteiger partial charge in [-0.1, -0.05) is 12.1 Å². The molecule has 2 aromatic rings. The highest BCUT2D eigenvalue weighted by Gasteiger charge is 2.32. The number of para-hydroxylation sites is 2. The van der Waals surface area contributed by atoms with Crippen molar-refractivity contribution in [2.24, 2.45) is 0 Å². The summed E-state index contributed by atoms with van der Waals surface area (Å²) in [6.45, 7) is 1.64. The number of halogens is 1. The molecule has 0 saturated carbocycles. The zero-order valence-electron chi connectivity index (χ0n) is 12.5. The molecule has 0 spiro atoms. The first kappa shape index (κ1) is 15.8. The van der Waals surface area contributed by atoms with Crippen molar-refractivity contribution in [1.29, 1.82) is 0 Å². The molecule has 1 aliphatic rings. The molecule has 5 nitrogen and oxygen atoms in total. The van der Waals surface area contributed by atoms with Gasteiger partial charge in [-0.25, -0.2) is 0 Å². The Labute approximate surface area is 147 Å². The Bertz CT molecular complexity index is 746. The maximum absolute atomic E-state index is 12.3. The molecule has 2 amide bonds. The summed E-state index contributed by atoms with van der Waals surface area (Å²) in [5.41, 5.74) is 1.32. The van der Waals surface area contributed by atoms with Gasteiger partial charge in [0.1, 0.15) is 12.3 Å². The molecule has 1 unspecified atom stereocenters. The molecule has 118 valence electrons. The molecular weight excluding hydrogens is 407 g/mol. The van der Waals surface area contributed by atoms with Crippen LogP contribution in [-0.4, -0.2) is 24.5 Å². The minimum atomic E-state index is -0.601. The number of carbonyl (C=O) groups is 2. The second-order valence-electron chi connectivity index (χ2n) is 5.21. The van der Waals surface area contributed by atoms with Crippen molar-refractivity contribution in [2.45, 2.75) is 13.0 Å². The van der Waals surface area contributed by atoms with E-state index in [1.807, 2.05) is 36.4 Å². The maximum Gasteiger partial charge on any atom is 0.268 e. The van der Waals surface area contributed by atoms with Gasteiger partial charge in [0.2, 0.25) is 5.91 Å². The summed E-state index contributed by atoms with van der Waals surface area (Å²) in [6.07, 6.45) is -0.601. The Morgan fingerprint density at radius 2 is 1.91 bits per heavy atom. The van der Waals surface area contributed by atoms with E-state index < -0.39 is 6.10 Å². The number of anilines is 2. The number of fused-ring (bicyclic) bond motifs is 1. The van der Waals surface area contributed by atoms with E-state index >= 15 is 0 Å². The van der Waals surface area contributed by atoms with E-state index in [2.05, 4.69) is 27.9 Å². The summed E-state index contributed by atoms with van der Waals surface area (Å²) in [5, 5.41) is 2.81. The van der Waals surface area contributed by atoms with Gasteiger partial charge in [0.15, 0.2) is 6.10 Å². The van der Waals surface area contributed by atoms with Crippen LogP contribution < -0.4 is 15.0 Å². The van der Waals surface area contributed by atoms with Gasteiger partial charge in [-0.2, -0.15) is 0 Å². The standard InChI is InChI=1S/C17H15IN2O3/c1-11-17(22)20(14-4-2-3-5-15(14)23-11)10-16(21)19-13-8-6-12(18)7-9-13/h2-9,11H,10H2,1H3,(H,19,21). The fraction of sp³-hybridized carbons (Fsp3) is 0.176. The molecule has 0 saturated heterocycles. The summed E-state index contributed by atoms with van der Waals surface area (Å²) in [6, 6.07) is 14.7. The van der Waals surface area contributed by atoms with Gasteiger partial charge in [-0.15, -0.1) is 0 Å². The predicted octanol–water partition coefficient (Wildman–Crippen LogP) is 3.04. The average molecular weight is 422 g/mol.